The fourth-order valence-electron chi connectivity index (χ4n) is 9.53. The van der Waals surface area contributed by atoms with Crippen LogP contribution in [0.3, 0.4) is 0 Å². The SMILES string of the molecule is BrCc1c(CBr)c(-c2ccc(-c3c(CBr)c(CBr)c(-c4cccc5ccccc45)c4ccccc34)c3ccccc23)c2ccccc2c1-c1cccc2ccccc12.ClCCl. The molecule has 6 heteroatoms. The van der Waals surface area contributed by atoms with Gasteiger partial charge in [-0.25, -0.2) is 0 Å². The Labute approximate surface area is 400 Å². The Morgan fingerprint density at radius 2 is 0.492 bits per heavy atom. The van der Waals surface area contributed by atoms with Crippen molar-refractivity contribution in [2.75, 3.05) is 5.34 Å². The molecule has 0 spiro atoms. The molecule has 0 atom stereocenters. The third-order valence-electron chi connectivity index (χ3n) is 12.0. The van der Waals surface area contributed by atoms with Crippen LogP contribution in [0.25, 0.3) is 98.4 Å². The van der Waals surface area contributed by atoms with Crippen LogP contribution in [0.4, 0.5) is 0 Å². The second-order valence-electron chi connectivity index (χ2n) is 14.9. The molecule has 300 valence electrons. The van der Waals surface area contributed by atoms with E-state index in [4.69, 9.17) is 23.2 Å². The van der Waals surface area contributed by atoms with Crippen molar-refractivity contribution in [2.24, 2.45) is 0 Å². The predicted octanol–water partition coefficient (Wildman–Crippen LogP) is 19.1. The van der Waals surface area contributed by atoms with E-state index in [1.165, 1.54) is 121 Å². The van der Waals surface area contributed by atoms with Gasteiger partial charge in [-0.05, 0) is 121 Å². The van der Waals surface area contributed by atoms with Crippen LogP contribution < -0.4 is 0 Å². The van der Waals surface area contributed by atoms with Crippen molar-refractivity contribution < 1.29 is 0 Å². The van der Waals surface area contributed by atoms with Crippen LogP contribution in [0.15, 0.2) is 170 Å². The molecule has 0 nitrogen and oxygen atoms in total. The van der Waals surface area contributed by atoms with E-state index >= 15 is 0 Å². The zero-order valence-electron chi connectivity index (χ0n) is 33.0. The monoisotopic (exact) mass is 1080 g/mol. The van der Waals surface area contributed by atoms with Crippen molar-refractivity contribution in [3.05, 3.63) is 192 Å². The van der Waals surface area contributed by atoms with E-state index < -0.39 is 0 Å². The molecule has 0 unspecified atom stereocenters. The minimum Gasteiger partial charge on any atom is -0.109 e. The molecule has 10 aromatic rings. The van der Waals surface area contributed by atoms with Crippen LogP contribution in [-0.4, -0.2) is 5.34 Å². The van der Waals surface area contributed by atoms with E-state index in [2.05, 4.69) is 234 Å². The summed E-state index contributed by atoms with van der Waals surface area (Å²) in [5.41, 5.74) is 15.4. The normalized spacial score (nSPS) is 11.4. The number of hydrogen-bond donors (Lipinski definition) is 0. The quantitative estimate of drug-likeness (QED) is 0.133. The summed E-state index contributed by atoms with van der Waals surface area (Å²) in [5, 5.41) is 15.7. The third-order valence-corrected chi connectivity index (χ3v) is 14.2. The molecular weight excluding hydrogens is 1050 g/mol. The maximum Gasteiger partial charge on any atom is 0.0967 e. The van der Waals surface area contributed by atoms with E-state index in [9.17, 15) is 0 Å². The summed E-state index contributed by atoms with van der Waals surface area (Å²) in [7, 11) is 0. The first-order valence-electron chi connectivity index (χ1n) is 20.1. The highest BCUT2D eigenvalue weighted by Gasteiger charge is 2.26. The summed E-state index contributed by atoms with van der Waals surface area (Å²) in [4.78, 5) is 0. The maximum absolute atomic E-state index is 4.76. The van der Waals surface area contributed by atoms with Gasteiger partial charge in [-0.3, -0.25) is 0 Å². The lowest BCUT2D eigenvalue weighted by Gasteiger charge is -2.25. The van der Waals surface area contributed by atoms with Gasteiger partial charge < -0.3 is 0 Å². The van der Waals surface area contributed by atoms with E-state index in [1.54, 1.807) is 0 Å². The van der Waals surface area contributed by atoms with Crippen LogP contribution in [0.1, 0.15) is 22.3 Å². The summed E-state index contributed by atoms with van der Waals surface area (Å²) in [5.74, 6) is 0. The van der Waals surface area contributed by atoms with Gasteiger partial charge in [0, 0.05) is 21.3 Å². The van der Waals surface area contributed by atoms with Crippen molar-refractivity contribution in [1.29, 1.82) is 0 Å². The number of fused-ring (bicyclic) bond motifs is 5. The fourth-order valence-corrected chi connectivity index (χ4v) is 12.0. The molecule has 0 aromatic heterocycles. The summed E-state index contributed by atoms with van der Waals surface area (Å²) in [6.45, 7) is 0. The summed E-state index contributed by atoms with van der Waals surface area (Å²) >= 11 is 25.6. The van der Waals surface area contributed by atoms with E-state index in [0.29, 0.717) is 0 Å². The van der Waals surface area contributed by atoms with Crippen LogP contribution in [-0.2, 0) is 21.3 Å². The number of alkyl halides is 6. The number of rotatable bonds is 8. The molecule has 10 rings (SSSR count). The Morgan fingerprint density at radius 1 is 0.262 bits per heavy atom. The van der Waals surface area contributed by atoms with Crippen molar-refractivity contribution in [3.63, 3.8) is 0 Å². The lowest BCUT2D eigenvalue weighted by Crippen LogP contribution is -2.02. The molecule has 61 heavy (non-hydrogen) atoms. The molecule has 10 aromatic carbocycles. The molecule has 0 bridgehead atoms. The highest BCUT2D eigenvalue weighted by atomic mass is 79.9. The van der Waals surface area contributed by atoms with Crippen LogP contribution in [0, 0.1) is 0 Å². The van der Waals surface area contributed by atoms with Crippen molar-refractivity contribution in [2.45, 2.75) is 21.3 Å². The molecule has 0 amide bonds. The van der Waals surface area contributed by atoms with Gasteiger partial charge >= 0.3 is 0 Å². The minimum atomic E-state index is 0.194. The van der Waals surface area contributed by atoms with Gasteiger partial charge in [-0.2, -0.15) is 0 Å². The van der Waals surface area contributed by atoms with Gasteiger partial charge in [-0.15, -0.1) is 23.2 Å². The Balaban J connectivity index is 0.00000154. The van der Waals surface area contributed by atoms with Gasteiger partial charge in [-0.1, -0.05) is 234 Å². The highest BCUT2D eigenvalue weighted by Crippen LogP contribution is 2.50. The molecule has 0 aliphatic rings. The Bertz CT molecular complexity index is 3040. The molecule has 0 radical (unpaired) electrons. The smallest absolute Gasteiger partial charge is 0.0967 e. The minimum absolute atomic E-state index is 0.194. The number of hydrogen-bond acceptors (Lipinski definition) is 0. The van der Waals surface area contributed by atoms with Gasteiger partial charge in [0.2, 0.25) is 0 Å². The molecule has 0 saturated heterocycles. The molecular formula is C55H38Br4Cl2. The van der Waals surface area contributed by atoms with E-state index in [-0.39, 0.29) is 5.34 Å². The first-order valence-corrected chi connectivity index (χ1v) is 25.6. The zero-order chi connectivity index (χ0) is 42.0. The molecule has 0 saturated carbocycles. The van der Waals surface area contributed by atoms with E-state index in [0.717, 1.165) is 21.3 Å². The first-order chi connectivity index (χ1) is 30.1. The van der Waals surface area contributed by atoms with Crippen molar-refractivity contribution in [3.8, 4) is 44.5 Å². The topological polar surface area (TPSA) is 0 Å². The first kappa shape index (κ1) is 42.3. The molecule has 0 heterocycles. The lowest BCUT2D eigenvalue weighted by atomic mass is 9.80. The van der Waals surface area contributed by atoms with Crippen LogP contribution in [0.2, 0.25) is 0 Å². The third kappa shape index (κ3) is 7.46. The van der Waals surface area contributed by atoms with Crippen LogP contribution in [0.5, 0.6) is 0 Å². The molecule has 0 aliphatic heterocycles. The van der Waals surface area contributed by atoms with Gasteiger partial charge in [0.15, 0.2) is 0 Å². The average molecular weight is 1090 g/mol. The van der Waals surface area contributed by atoms with Crippen molar-refractivity contribution in [1.82, 2.24) is 0 Å². The highest BCUT2D eigenvalue weighted by molar-refractivity contribution is 9.09. The summed E-state index contributed by atoms with van der Waals surface area (Å²) in [6.07, 6.45) is 0. The summed E-state index contributed by atoms with van der Waals surface area (Å²) < 4.78 is 0. The van der Waals surface area contributed by atoms with Crippen molar-refractivity contribution >= 4 is 141 Å². The second kappa shape index (κ2) is 18.8. The number of halogens is 6. The average Bonchev–Trinajstić information content (AvgIpc) is 3.32. The predicted molar refractivity (Wildman–Crippen MR) is 283 cm³/mol. The standard InChI is InChI=1S/C54H36Br4.CH2Cl2/c55-29-47-49(31-57)53(43-23-9-7-21-41(43)51(47)39-25-11-15-33-13-1-3-17-35(33)39)45-27-28-46(38-20-6-5-19-37(38)45)54-44-24-10-8-22-42(44)52(48(30-56)50(54)32-58)40-26-12-16-34-14-2-4-18-36(34)40;2-1-3/h1-28H,29-32H2;1H2. The molecule has 0 aliphatic carbocycles. The molecule has 0 N–H and O–H groups in total. The van der Waals surface area contributed by atoms with E-state index in [1.807, 2.05) is 0 Å². The maximum atomic E-state index is 4.76. The second-order valence-corrected chi connectivity index (χ2v) is 18.0. The Hall–Kier alpha value is -4.00. The summed E-state index contributed by atoms with van der Waals surface area (Å²) in [6, 6.07) is 62.7. The number of benzene rings is 10. The fraction of sp³-hybridized carbons (Fsp3) is 0.0909. The Morgan fingerprint density at radius 3 is 0.787 bits per heavy atom. The Kier molecular flexibility index (Phi) is 13.0. The van der Waals surface area contributed by atoms with Crippen LogP contribution >= 0.6 is 86.9 Å². The van der Waals surface area contributed by atoms with Gasteiger partial charge in [0.1, 0.15) is 0 Å². The van der Waals surface area contributed by atoms with Gasteiger partial charge in [0.05, 0.1) is 5.34 Å². The van der Waals surface area contributed by atoms with Gasteiger partial charge in [0.25, 0.3) is 0 Å². The molecule has 0 fully saturated rings. The lowest BCUT2D eigenvalue weighted by molar-refractivity contribution is 1.32. The largest absolute Gasteiger partial charge is 0.109 e. The zero-order valence-corrected chi connectivity index (χ0v) is 40.8.